The molecule has 0 spiro atoms. The van der Waals surface area contributed by atoms with Crippen LogP contribution in [0, 0.1) is 0 Å². The second kappa shape index (κ2) is 10.5. The third-order valence-electron chi connectivity index (χ3n) is 8.33. The Kier molecular flexibility index (Phi) is 6.99. The number of rotatable bonds is 5. The number of aromatic amines is 1. The van der Waals surface area contributed by atoms with Crippen molar-refractivity contribution in [2.45, 2.75) is 12.2 Å². The lowest BCUT2D eigenvalue weighted by Gasteiger charge is -2.42. The zero-order valence-electron chi connectivity index (χ0n) is 23.4. The van der Waals surface area contributed by atoms with Gasteiger partial charge >= 0.3 is 6.18 Å². The van der Waals surface area contributed by atoms with Gasteiger partial charge in [0.2, 0.25) is 0 Å². The van der Waals surface area contributed by atoms with Gasteiger partial charge in [-0.2, -0.15) is 13.2 Å². The van der Waals surface area contributed by atoms with Gasteiger partial charge in [-0.3, -0.25) is 4.79 Å². The number of likely N-dealkylation sites (N-methyl/N-ethyl adjacent to an activating group) is 2. The molecule has 0 saturated carbocycles. The first kappa shape index (κ1) is 27.3. The van der Waals surface area contributed by atoms with Crippen LogP contribution < -0.4 is 4.90 Å². The van der Waals surface area contributed by atoms with Gasteiger partial charge in [-0.1, -0.05) is 18.2 Å². The zero-order chi connectivity index (χ0) is 28.9. The normalized spacial score (nSPS) is 17.0. The Morgan fingerprint density at radius 1 is 0.951 bits per heavy atom. The summed E-state index contributed by atoms with van der Waals surface area (Å²) in [6, 6.07) is 14.3. The van der Waals surface area contributed by atoms with E-state index in [-0.39, 0.29) is 11.6 Å². The standard InChI is InChI=1S/C31H33F3N6O/c1-37(2)24-18-40(19-24)30(41)21-6-4-20(5-7-21)26-17-36-29-25(26)14-23(16-35-29)22-8-9-28(27(15-22)31(32,33)34)39-12-10-38(3)11-13-39/h4-9,14-17,24H,10-13,18-19H2,1-3H3,(H,35,36). The van der Waals surface area contributed by atoms with Crippen molar-refractivity contribution in [1.82, 2.24) is 24.7 Å². The first-order valence-electron chi connectivity index (χ1n) is 13.8. The van der Waals surface area contributed by atoms with Gasteiger partial charge in [0.25, 0.3) is 5.91 Å². The van der Waals surface area contributed by atoms with E-state index in [0.29, 0.717) is 41.5 Å². The summed E-state index contributed by atoms with van der Waals surface area (Å²) in [6.07, 6.45) is -1.04. The molecule has 0 aliphatic carbocycles. The molecule has 2 aromatic heterocycles. The van der Waals surface area contributed by atoms with Crippen LogP contribution in [0.3, 0.4) is 0 Å². The molecule has 0 atom stereocenters. The van der Waals surface area contributed by atoms with Gasteiger partial charge < -0.3 is 24.6 Å². The maximum absolute atomic E-state index is 14.2. The molecular weight excluding hydrogens is 529 g/mol. The van der Waals surface area contributed by atoms with Crippen molar-refractivity contribution in [2.24, 2.45) is 0 Å². The summed E-state index contributed by atoms with van der Waals surface area (Å²) < 4.78 is 42.6. The van der Waals surface area contributed by atoms with E-state index in [9.17, 15) is 18.0 Å². The summed E-state index contributed by atoms with van der Waals surface area (Å²) in [4.78, 5) is 28.4. The van der Waals surface area contributed by atoms with Crippen molar-refractivity contribution in [2.75, 3.05) is 65.3 Å². The number of pyridine rings is 1. The fourth-order valence-corrected chi connectivity index (χ4v) is 5.59. The number of hydrogen-bond acceptors (Lipinski definition) is 5. The van der Waals surface area contributed by atoms with Crippen LogP contribution in [0.15, 0.2) is 60.9 Å². The van der Waals surface area contributed by atoms with E-state index in [0.717, 1.165) is 42.7 Å². The minimum atomic E-state index is -4.48. The summed E-state index contributed by atoms with van der Waals surface area (Å²) in [5.74, 6) is 0.0121. The molecule has 0 unspecified atom stereocenters. The Morgan fingerprint density at radius 2 is 1.63 bits per heavy atom. The highest BCUT2D eigenvalue weighted by Crippen LogP contribution is 2.40. The molecule has 214 valence electrons. The van der Waals surface area contributed by atoms with E-state index in [1.165, 1.54) is 6.07 Å². The highest BCUT2D eigenvalue weighted by atomic mass is 19.4. The molecular formula is C31H33F3N6O. The van der Waals surface area contributed by atoms with E-state index in [1.807, 2.05) is 67.5 Å². The molecule has 0 bridgehead atoms. The number of amides is 1. The number of nitrogens with one attached hydrogen (secondary N) is 1. The molecule has 4 heterocycles. The molecule has 41 heavy (non-hydrogen) atoms. The second-order valence-corrected chi connectivity index (χ2v) is 11.2. The monoisotopic (exact) mass is 562 g/mol. The van der Waals surface area contributed by atoms with Crippen LogP contribution in [0.4, 0.5) is 18.9 Å². The third-order valence-corrected chi connectivity index (χ3v) is 8.33. The second-order valence-electron chi connectivity index (χ2n) is 11.2. The lowest BCUT2D eigenvalue weighted by atomic mass is 9.98. The molecule has 1 N–H and O–H groups in total. The molecule has 2 aliphatic rings. The smallest absolute Gasteiger partial charge is 0.368 e. The number of hydrogen-bond donors (Lipinski definition) is 1. The van der Waals surface area contributed by atoms with Crippen molar-refractivity contribution >= 4 is 22.6 Å². The van der Waals surface area contributed by atoms with E-state index in [4.69, 9.17) is 0 Å². The third kappa shape index (κ3) is 5.29. The number of alkyl halides is 3. The minimum Gasteiger partial charge on any atom is -0.368 e. The van der Waals surface area contributed by atoms with Crippen molar-refractivity contribution in [3.63, 3.8) is 0 Å². The van der Waals surface area contributed by atoms with Crippen LogP contribution in [0.25, 0.3) is 33.3 Å². The van der Waals surface area contributed by atoms with Gasteiger partial charge in [-0.25, -0.2) is 4.98 Å². The Bertz CT molecular complexity index is 1570. The van der Waals surface area contributed by atoms with E-state index in [2.05, 4.69) is 19.8 Å². The minimum absolute atomic E-state index is 0.0121. The van der Waals surface area contributed by atoms with Crippen molar-refractivity contribution in [1.29, 1.82) is 0 Å². The number of carbonyl (C=O) groups is 1. The Morgan fingerprint density at radius 3 is 2.29 bits per heavy atom. The Hall–Kier alpha value is -3.89. The molecule has 0 radical (unpaired) electrons. The number of H-pyrrole nitrogens is 1. The van der Waals surface area contributed by atoms with Gasteiger partial charge in [-0.15, -0.1) is 0 Å². The Balaban J connectivity index is 1.28. The van der Waals surface area contributed by atoms with Crippen LogP contribution in [-0.4, -0.2) is 97.0 Å². The highest BCUT2D eigenvalue weighted by molar-refractivity contribution is 5.98. The van der Waals surface area contributed by atoms with Gasteiger partial charge in [0.15, 0.2) is 0 Å². The van der Waals surface area contributed by atoms with Gasteiger partial charge in [0, 0.05) is 85.5 Å². The molecule has 2 fully saturated rings. The van der Waals surface area contributed by atoms with Crippen LogP contribution in [-0.2, 0) is 6.18 Å². The average molecular weight is 563 g/mol. The van der Waals surface area contributed by atoms with Crippen LogP contribution >= 0.6 is 0 Å². The van der Waals surface area contributed by atoms with Crippen LogP contribution in [0.2, 0.25) is 0 Å². The molecule has 6 rings (SSSR count). The van der Waals surface area contributed by atoms with Gasteiger partial charge in [0.1, 0.15) is 5.65 Å². The summed E-state index contributed by atoms with van der Waals surface area (Å²) in [5, 5.41) is 0.801. The summed E-state index contributed by atoms with van der Waals surface area (Å²) in [6.45, 7) is 3.99. The lowest BCUT2D eigenvalue weighted by Crippen LogP contribution is -2.59. The van der Waals surface area contributed by atoms with Gasteiger partial charge in [0.05, 0.1) is 5.56 Å². The fourth-order valence-electron chi connectivity index (χ4n) is 5.59. The number of halogens is 3. The first-order valence-corrected chi connectivity index (χ1v) is 13.8. The number of likely N-dealkylation sites (tertiary alicyclic amines) is 1. The van der Waals surface area contributed by atoms with Crippen LogP contribution in [0.5, 0.6) is 0 Å². The number of nitrogens with zero attached hydrogens (tertiary/aromatic N) is 5. The summed E-state index contributed by atoms with van der Waals surface area (Å²) in [5.41, 5.74) is 3.69. The van der Waals surface area contributed by atoms with Gasteiger partial charge in [-0.05, 0) is 62.6 Å². The van der Waals surface area contributed by atoms with Crippen molar-refractivity contribution in [3.8, 4) is 22.3 Å². The summed E-state index contributed by atoms with van der Waals surface area (Å²) in [7, 11) is 6.01. The number of benzene rings is 2. The van der Waals surface area contributed by atoms with E-state index >= 15 is 0 Å². The van der Waals surface area contributed by atoms with Crippen LogP contribution in [0.1, 0.15) is 15.9 Å². The maximum Gasteiger partial charge on any atom is 0.418 e. The topological polar surface area (TPSA) is 58.7 Å². The molecule has 1 amide bonds. The van der Waals surface area contributed by atoms with Crippen molar-refractivity contribution < 1.29 is 18.0 Å². The number of anilines is 1. The molecule has 4 aromatic rings. The molecule has 2 saturated heterocycles. The van der Waals surface area contributed by atoms with E-state index in [1.54, 1.807) is 18.3 Å². The molecule has 2 aromatic carbocycles. The maximum atomic E-state index is 14.2. The fraction of sp³-hybridized carbons (Fsp3) is 0.355. The number of fused-ring (bicyclic) bond motifs is 1. The van der Waals surface area contributed by atoms with Crippen molar-refractivity contribution in [3.05, 3.63) is 72.1 Å². The molecule has 7 nitrogen and oxygen atoms in total. The quantitative estimate of drug-likeness (QED) is 0.369. The lowest BCUT2D eigenvalue weighted by molar-refractivity contribution is -0.137. The number of aromatic nitrogens is 2. The molecule has 2 aliphatic heterocycles. The summed E-state index contributed by atoms with van der Waals surface area (Å²) >= 11 is 0. The predicted octanol–water partition coefficient (Wildman–Crippen LogP) is 5.05. The predicted molar refractivity (Wildman–Crippen MR) is 155 cm³/mol. The molecule has 10 heteroatoms. The highest BCUT2D eigenvalue weighted by Gasteiger charge is 2.36. The number of piperazine rings is 1. The number of carbonyl (C=O) groups excluding carboxylic acids is 1. The Labute approximate surface area is 237 Å². The first-order chi connectivity index (χ1) is 19.6. The van der Waals surface area contributed by atoms with E-state index < -0.39 is 11.7 Å². The largest absolute Gasteiger partial charge is 0.418 e. The average Bonchev–Trinajstić information content (AvgIpc) is 3.35. The SMILES string of the molecule is CN1CCN(c2ccc(-c3cnc4[nH]cc(-c5ccc(C(=O)N6CC(N(C)C)C6)cc5)c4c3)cc2C(F)(F)F)CC1. The zero-order valence-corrected chi connectivity index (χ0v) is 23.4.